The number of ether oxygens (including phenoxy) is 2. The van der Waals surface area contributed by atoms with Gasteiger partial charge >= 0.3 is 6.09 Å². The van der Waals surface area contributed by atoms with Gasteiger partial charge in [0.2, 0.25) is 0 Å². The highest BCUT2D eigenvalue weighted by atomic mass is 19.1. The number of carbonyl (C=O) groups is 2. The average Bonchev–Trinajstić information content (AvgIpc) is 3.45. The van der Waals surface area contributed by atoms with E-state index in [-0.39, 0.29) is 18.5 Å². The van der Waals surface area contributed by atoms with E-state index in [4.69, 9.17) is 14.5 Å². The van der Waals surface area contributed by atoms with Crippen molar-refractivity contribution in [2.45, 2.75) is 45.4 Å². The molecule has 0 unspecified atom stereocenters. The summed E-state index contributed by atoms with van der Waals surface area (Å²) in [5.74, 6) is -0.913. The van der Waals surface area contributed by atoms with Crippen LogP contribution in [0.25, 0.3) is 11.0 Å². The van der Waals surface area contributed by atoms with E-state index in [2.05, 4.69) is 15.2 Å². The lowest BCUT2D eigenvalue weighted by Gasteiger charge is -2.28. The first kappa shape index (κ1) is 29.4. The minimum absolute atomic E-state index is 0.105. The Bertz CT molecular complexity index is 1450. The molecule has 224 valence electrons. The third-order valence-corrected chi connectivity index (χ3v) is 7.31. The maximum Gasteiger partial charge on any atom is 0.410 e. The van der Waals surface area contributed by atoms with Crippen molar-refractivity contribution in [1.82, 2.24) is 19.8 Å². The molecule has 1 aromatic heterocycles. The number of halogens is 2. The molecule has 5 rings (SSSR count). The smallest absolute Gasteiger partial charge is 0.410 e. The van der Waals surface area contributed by atoms with Crippen molar-refractivity contribution in [2.75, 3.05) is 56.7 Å². The van der Waals surface area contributed by atoms with Crippen molar-refractivity contribution < 1.29 is 27.8 Å². The summed E-state index contributed by atoms with van der Waals surface area (Å²) in [4.78, 5) is 41.0. The highest BCUT2D eigenvalue weighted by Crippen LogP contribution is 2.28. The zero-order chi connectivity index (χ0) is 30.0. The van der Waals surface area contributed by atoms with Crippen LogP contribution in [0.15, 0.2) is 36.5 Å². The fourth-order valence-corrected chi connectivity index (χ4v) is 5.14. The largest absolute Gasteiger partial charge is 0.444 e. The van der Waals surface area contributed by atoms with Gasteiger partial charge in [0, 0.05) is 51.4 Å². The molecule has 1 atom stereocenters. The number of carbonyl (C=O) groups excluding carboxylic acids is 2. The molecule has 2 aliphatic rings. The van der Waals surface area contributed by atoms with Gasteiger partial charge in [-0.15, -0.1) is 0 Å². The van der Waals surface area contributed by atoms with E-state index in [0.717, 1.165) is 6.07 Å². The molecule has 10 nitrogen and oxygen atoms in total. The van der Waals surface area contributed by atoms with Gasteiger partial charge in [0.25, 0.3) is 5.91 Å². The van der Waals surface area contributed by atoms with Gasteiger partial charge in [0.1, 0.15) is 28.6 Å². The van der Waals surface area contributed by atoms with Crippen LogP contribution in [0.1, 0.15) is 43.1 Å². The van der Waals surface area contributed by atoms with Crippen LogP contribution in [0.3, 0.4) is 0 Å². The van der Waals surface area contributed by atoms with Crippen LogP contribution >= 0.6 is 0 Å². The number of anilines is 2. The molecule has 1 N–H and O–H groups in total. The Kier molecular flexibility index (Phi) is 8.44. The lowest BCUT2D eigenvalue weighted by molar-refractivity contribution is 0.0279. The van der Waals surface area contributed by atoms with Gasteiger partial charge in [0.15, 0.2) is 0 Å². The summed E-state index contributed by atoms with van der Waals surface area (Å²) in [6.07, 6.45) is 1.89. The average molecular weight is 583 g/mol. The van der Waals surface area contributed by atoms with E-state index in [1.54, 1.807) is 35.2 Å². The maximum absolute atomic E-state index is 13.8. The topological polar surface area (TPSA) is 100 Å². The van der Waals surface area contributed by atoms with Crippen molar-refractivity contribution in [2.24, 2.45) is 0 Å². The first-order chi connectivity index (χ1) is 20.0. The van der Waals surface area contributed by atoms with Crippen LogP contribution in [-0.4, -0.2) is 89.9 Å². The Balaban J connectivity index is 1.41. The summed E-state index contributed by atoms with van der Waals surface area (Å²) in [5.41, 5.74) is 1.72. The van der Waals surface area contributed by atoms with Crippen LogP contribution in [-0.2, 0) is 16.0 Å². The summed E-state index contributed by atoms with van der Waals surface area (Å²) >= 11 is 0. The number of amides is 2. The van der Waals surface area contributed by atoms with Crippen molar-refractivity contribution >= 4 is 34.5 Å². The summed E-state index contributed by atoms with van der Waals surface area (Å²) < 4.78 is 38.6. The molecule has 2 fully saturated rings. The number of likely N-dealkylation sites (tertiary alicyclic amines) is 1. The van der Waals surface area contributed by atoms with Crippen LogP contribution in [0.4, 0.5) is 25.1 Å². The minimum atomic E-state index is -0.673. The zero-order valence-corrected chi connectivity index (χ0v) is 24.3. The van der Waals surface area contributed by atoms with E-state index in [0.29, 0.717) is 79.5 Å². The van der Waals surface area contributed by atoms with Gasteiger partial charge in [-0.2, -0.15) is 0 Å². The molecule has 0 spiro atoms. The van der Waals surface area contributed by atoms with E-state index < -0.39 is 23.3 Å². The summed E-state index contributed by atoms with van der Waals surface area (Å²) in [6.45, 7) is 8.93. The first-order valence-electron chi connectivity index (χ1n) is 14.0. The van der Waals surface area contributed by atoms with Crippen molar-refractivity contribution in [3.05, 3.63) is 59.3 Å². The Morgan fingerprint density at radius 3 is 2.50 bits per heavy atom. The van der Waals surface area contributed by atoms with Gasteiger partial charge in [-0.1, -0.05) is 0 Å². The zero-order valence-electron chi connectivity index (χ0n) is 24.3. The predicted molar refractivity (Wildman–Crippen MR) is 155 cm³/mol. The number of hydrogen-bond donors (Lipinski definition) is 1. The molecule has 0 radical (unpaired) electrons. The maximum atomic E-state index is 13.8. The van der Waals surface area contributed by atoms with E-state index in [9.17, 15) is 18.4 Å². The van der Waals surface area contributed by atoms with Crippen molar-refractivity contribution in [3.8, 4) is 0 Å². The lowest BCUT2D eigenvalue weighted by Crippen LogP contribution is -2.41. The standard InChI is InChI=1S/C30H36F2N6O4/c1-30(2,3)42-29(40)38-6-5-23(18-38)36(4)28(39)20-13-24(33-16-19-11-21(31)15-22(32)12-19)27-25(14-20)34-17-26(35-27)37-7-9-41-10-8-37/h11-15,17,23,33H,5-10,16,18H2,1-4H3/t23-/m1/s1. The fourth-order valence-electron chi connectivity index (χ4n) is 5.14. The molecule has 42 heavy (non-hydrogen) atoms. The quantitative estimate of drug-likeness (QED) is 0.456. The van der Waals surface area contributed by atoms with Crippen LogP contribution in [0, 0.1) is 11.6 Å². The monoisotopic (exact) mass is 582 g/mol. The second kappa shape index (κ2) is 12.0. The number of likely N-dealkylation sites (N-methyl/N-ethyl adjacent to an activating group) is 1. The molecule has 3 heterocycles. The summed E-state index contributed by atoms with van der Waals surface area (Å²) in [6, 6.07) is 6.51. The molecule has 2 saturated heterocycles. The van der Waals surface area contributed by atoms with E-state index in [1.165, 1.54) is 12.1 Å². The SMILES string of the molecule is CN(C(=O)c1cc(NCc2cc(F)cc(F)c2)c2nc(N3CCOCC3)cnc2c1)[C@@H]1CCN(C(=O)OC(C)(C)C)C1. The molecule has 0 saturated carbocycles. The van der Waals surface area contributed by atoms with Gasteiger partial charge < -0.3 is 29.5 Å². The molecular weight excluding hydrogens is 546 g/mol. The molecule has 0 bridgehead atoms. The Morgan fingerprint density at radius 1 is 1.10 bits per heavy atom. The fraction of sp³-hybridized carbons (Fsp3) is 0.467. The van der Waals surface area contributed by atoms with Gasteiger partial charge in [0.05, 0.1) is 36.7 Å². The molecule has 2 aromatic carbocycles. The number of nitrogens with one attached hydrogen (secondary N) is 1. The summed E-state index contributed by atoms with van der Waals surface area (Å²) in [7, 11) is 1.71. The third-order valence-electron chi connectivity index (χ3n) is 7.31. The number of rotatable bonds is 6. The number of nitrogens with zero attached hydrogens (tertiary/aromatic N) is 5. The van der Waals surface area contributed by atoms with Gasteiger partial charge in [-0.3, -0.25) is 9.78 Å². The predicted octanol–water partition coefficient (Wildman–Crippen LogP) is 4.44. The Hall–Kier alpha value is -4.06. The second-order valence-electron chi connectivity index (χ2n) is 11.6. The first-order valence-corrected chi connectivity index (χ1v) is 14.0. The Labute approximate surface area is 243 Å². The number of hydrogen-bond acceptors (Lipinski definition) is 8. The highest BCUT2D eigenvalue weighted by molar-refractivity contribution is 6.01. The number of aromatic nitrogens is 2. The van der Waals surface area contributed by atoms with Crippen LogP contribution < -0.4 is 10.2 Å². The highest BCUT2D eigenvalue weighted by Gasteiger charge is 2.34. The molecule has 3 aromatic rings. The van der Waals surface area contributed by atoms with E-state index in [1.807, 2.05) is 20.8 Å². The van der Waals surface area contributed by atoms with E-state index >= 15 is 0 Å². The normalized spacial score (nSPS) is 17.4. The molecule has 12 heteroatoms. The van der Waals surface area contributed by atoms with Crippen molar-refractivity contribution in [1.29, 1.82) is 0 Å². The molecular formula is C30H36F2N6O4. The van der Waals surface area contributed by atoms with Gasteiger partial charge in [-0.05, 0) is 57.0 Å². The summed E-state index contributed by atoms with van der Waals surface area (Å²) in [5, 5.41) is 3.22. The molecule has 0 aliphatic carbocycles. The number of fused-ring (bicyclic) bond motifs is 1. The lowest BCUT2D eigenvalue weighted by atomic mass is 10.1. The molecule has 2 amide bonds. The van der Waals surface area contributed by atoms with Crippen LogP contribution in [0.2, 0.25) is 0 Å². The number of morpholine rings is 1. The third kappa shape index (κ3) is 6.87. The minimum Gasteiger partial charge on any atom is -0.444 e. The van der Waals surface area contributed by atoms with Crippen molar-refractivity contribution in [3.63, 3.8) is 0 Å². The van der Waals surface area contributed by atoms with Gasteiger partial charge in [-0.25, -0.2) is 18.6 Å². The Morgan fingerprint density at radius 2 is 1.81 bits per heavy atom. The second-order valence-corrected chi connectivity index (χ2v) is 11.6. The van der Waals surface area contributed by atoms with Crippen LogP contribution in [0.5, 0.6) is 0 Å². The number of benzene rings is 2. The molecule has 2 aliphatic heterocycles.